The average molecular weight is 236 g/mol. The molecule has 0 aliphatic carbocycles. The summed E-state index contributed by atoms with van der Waals surface area (Å²) in [5.41, 5.74) is 3.82. The largest absolute Gasteiger partial charge is 0.375 e. The van der Waals surface area contributed by atoms with Crippen LogP contribution in [-0.4, -0.2) is 20.6 Å². The first-order valence-corrected chi connectivity index (χ1v) is 4.55. The molecule has 0 saturated heterocycles. The molecule has 0 saturated carbocycles. The third kappa shape index (κ3) is 2.11. The van der Waals surface area contributed by atoms with Crippen LogP contribution in [0.25, 0.3) is 0 Å². The molecule has 0 amide bonds. The Bertz CT molecular complexity index is 391. The van der Waals surface area contributed by atoms with Crippen molar-refractivity contribution in [3.8, 4) is 0 Å². The lowest BCUT2D eigenvalue weighted by molar-refractivity contribution is 0.00615. The third-order valence-corrected chi connectivity index (χ3v) is 2.17. The molecule has 0 fully saturated rings. The molecule has 0 aliphatic rings. The second kappa shape index (κ2) is 4.29. The maximum absolute atomic E-state index is 13.4. The molecule has 0 heterocycles. The van der Waals surface area contributed by atoms with E-state index < -0.39 is 35.4 Å². The van der Waals surface area contributed by atoms with Crippen LogP contribution in [0.3, 0.4) is 0 Å². The minimum absolute atomic E-state index is 0.476. The minimum Gasteiger partial charge on any atom is -0.375 e. The van der Waals surface area contributed by atoms with Crippen molar-refractivity contribution >= 4 is 5.69 Å². The summed E-state index contributed by atoms with van der Waals surface area (Å²) in [4.78, 5) is 1.09. The van der Waals surface area contributed by atoms with E-state index in [0.717, 1.165) is 11.0 Å². The molecule has 0 radical (unpaired) electrons. The van der Waals surface area contributed by atoms with Gasteiger partial charge in [-0.3, -0.25) is 0 Å². The normalized spacial score (nSPS) is 11.7. The highest BCUT2D eigenvalue weighted by Crippen LogP contribution is 2.36. The van der Waals surface area contributed by atoms with E-state index in [1.807, 2.05) is 0 Å². The lowest BCUT2D eigenvalue weighted by Crippen LogP contribution is -2.28. The zero-order valence-corrected chi connectivity index (χ0v) is 8.90. The van der Waals surface area contributed by atoms with Gasteiger partial charge < -0.3 is 10.6 Å². The van der Waals surface area contributed by atoms with Crippen LogP contribution >= 0.6 is 0 Å². The van der Waals surface area contributed by atoms with Crippen molar-refractivity contribution in [2.24, 2.45) is 5.73 Å². The molecular formula is C10H12F4N2. The standard InChI is InChI=1S/C10H12F4N2/c1-16(2)9-6(10(13,14)5-15)3-4-7(11)8(9)12/h3-4H,5,15H2,1-2H3. The molecule has 0 atom stereocenters. The predicted octanol–water partition coefficient (Wildman–Crippen LogP) is 2.08. The van der Waals surface area contributed by atoms with Crippen LogP contribution in [0.15, 0.2) is 12.1 Å². The van der Waals surface area contributed by atoms with Gasteiger partial charge in [0.05, 0.1) is 12.2 Å². The molecule has 2 nitrogen and oxygen atoms in total. The Morgan fingerprint density at radius 1 is 1.25 bits per heavy atom. The first-order chi connectivity index (χ1) is 7.31. The molecule has 0 aliphatic heterocycles. The molecule has 90 valence electrons. The van der Waals surface area contributed by atoms with Crippen molar-refractivity contribution in [2.45, 2.75) is 5.92 Å². The summed E-state index contributed by atoms with van der Waals surface area (Å²) in [6, 6.07) is 1.52. The summed E-state index contributed by atoms with van der Waals surface area (Å²) in [6.07, 6.45) is 0. The topological polar surface area (TPSA) is 29.3 Å². The molecule has 0 bridgehead atoms. The highest BCUT2D eigenvalue weighted by Gasteiger charge is 2.35. The third-order valence-electron chi connectivity index (χ3n) is 2.17. The smallest absolute Gasteiger partial charge is 0.287 e. The number of anilines is 1. The Morgan fingerprint density at radius 3 is 2.25 bits per heavy atom. The Labute approximate surface area is 90.7 Å². The molecule has 2 N–H and O–H groups in total. The number of rotatable bonds is 3. The molecule has 0 spiro atoms. The van der Waals surface area contributed by atoms with E-state index in [2.05, 4.69) is 0 Å². The van der Waals surface area contributed by atoms with Gasteiger partial charge in [0.25, 0.3) is 5.92 Å². The Hall–Kier alpha value is -1.30. The van der Waals surface area contributed by atoms with E-state index in [9.17, 15) is 17.6 Å². The van der Waals surface area contributed by atoms with Gasteiger partial charge in [-0.25, -0.2) is 8.78 Å². The van der Waals surface area contributed by atoms with Crippen LogP contribution < -0.4 is 10.6 Å². The van der Waals surface area contributed by atoms with Gasteiger partial charge in [0.15, 0.2) is 11.6 Å². The van der Waals surface area contributed by atoms with E-state index >= 15 is 0 Å². The zero-order chi connectivity index (χ0) is 12.5. The summed E-state index contributed by atoms with van der Waals surface area (Å²) in [5.74, 6) is -5.84. The van der Waals surface area contributed by atoms with Gasteiger partial charge in [-0.15, -0.1) is 0 Å². The number of hydrogen-bond donors (Lipinski definition) is 1. The lowest BCUT2D eigenvalue weighted by atomic mass is 10.0. The molecule has 1 rings (SSSR count). The number of alkyl halides is 2. The summed E-state index contributed by atoms with van der Waals surface area (Å²) in [5, 5.41) is 0. The number of nitrogens with two attached hydrogens (primary N) is 1. The summed E-state index contributed by atoms with van der Waals surface area (Å²) < 4.78 is 53.1. The van der Waals surface area contributed by atoms with Crippen molar-refractivity contribution in [1.82, 2.24) is 0 Å². The van der Waals surface area contributed by atoms with Crippen molar-refractivity contribution in [1.29, 1.82) is 0 Å². The quantitative estimate of drug-likeness (QED) is 0.814. The second-order valence-electron chi connectivity index (χ2n) is 3.56. The zero-order valence-electron chi connectivity index (χ0n) is 8.90. The number of halogens is 4. The van der Waals surface area contributed by atoms with Gasteiger partial charge >= 0.3 is 0 Å². The van der Waals surface area contributed by atoms with Gasteiger partial charge in [-0.2, -0.15) is 8.78 Å². The van der Waals surface area contributed by atoms with Crippen molar-refractivity contribution in [2.75, 3.05) is 25.5 Å². The first-order valence-electron chi connectivity index (χ1n) is 4.55. The molecule has 16 heavy (non-hydrogen) atoms. The Morgan fingerprint density at radius 2 is 1.81 bits per heavy atom. The van der Waals surface area contributed by atoms with E-state index in [4.69, 9.17) is 5.73 Å². The minimum atomic E-state index is -3.38. The van der Waals surface area contributed by atoms with Gasteiger partial charge in [-0.05, 0) is 12.1 Å². The molecule has 0 aromatic heterocycles. The number of hydrogen-bond acceptors (Lipinski definition) is 2. The maximum atomic E-state index is 13.4. The fourth-order valence-corrected chi connectivity index (χ4v) is 1.38. The van der Waals surface area contributed by atoms with Gasteiger partial charge in [0.2, 0.25) is 0 Å². The van der Waals surface area contributed by atoms with Crippen LogP contribution in [-0.2, 0) is 5.92 Å². The van der Waals surface area contributed by atoms with E-state index in [1.54, 1.807) is 0 Å². The second-order valence-corrected chi connectivity index (χ2v) is 3.56. The van der Waals surface area contributed by atoms with E-state index in [-0.39, 0.29) is 0 Å². The highest BCUT2D eigenvalue weighted by atomic mass is 19.3. The summed E-state index contributed by atoms with van der Waals surface area (Å²) >= 11 is 0. The molecular weight excluding hydrogens is 224 g/mol. The van der Waals surface area contributed by atoms with Crippen LogP contribution in [0.1, 0.15) is 5.56 Å². The highest BCUT2D eigenvalue weighted by molar-refractivity contribution is 5.56. The van der Waals surface area contributed by atoms with Crippen molar-refractivity contribution in [3.63, 3.8) is 0 Å². The number of benzene rings is 1. The van der Waals surface area contributed by atoms with Crippen molar-refractivity contribution in [3.05, 3.63) is 29.3 Å². The monoisotopic (exact) mass is 236 g/mol. The predicted molar refractivity (Wildman–Crippen MR) is 53.6 cm³/mol. The number of nitrogens with zero attached hydrogens (tertiary/aromatic N) is 1. The summed E-state index contributed by atoms with van der Waals surface area (Å²) in [7, 11) is 2.71. The lowest BCUT2D eigenvalue weighted by Gasteiger charge is -2.23. The fourth-order valence-electron chi connectivity index (χ4n) is 1.38. The van der Waals surface area contributed by atoms with Crippen LogP contribution in [0.4, 0.5) is 23.2 Å². The van der Waals surface area contributed by atoms with Gasteiger partial charge in [-0.1, -0.05) is 0 Å². The molecule has 0 unspecified atom stereocenters. The average Bonchev–Trinajstić information content (AvgIpc) is 2.21. The SMILES string of the molecule is CN(C)c1c(C(F)(F)CN)ccc(F)c1F. The van der Waals surface area contributed by atoms with Crippen LogP contribution in [0.5, 0.6) is 0 Å². The molecule has 1 aromatic carbocycles. The Balaban J connectivity index is 3.46. The maximum Gasteiger partial charge on any atom is 0.287 e. The van der Waals surface area contributed by atoms with E-state index in [0.29, 0.717) is 6.07 Å². The Kier molecular flexibility index (Phi) is 3.42. The van der Waals surface area contributed by atoms with E-state index in [1.165, 1.54) is 14.1 Å². The van der Waals surface area contributed by atoms with Crippen molar-refractivity contribution < 1.29 is 17.6 Å². The van der Waals surface area contributed by atoms with Gasteiger partial charge in [0.1, 0.15) is 0 Å². The van der Waals surface area contributed by atoms with Gasteiger partial charge in [0, 0.05) is 19.7 Å². The van der Waals surface area contributed by atoms with Crippen LogP contribution in [0.2, 0.25) is 0 Å². The molecule has 6 heteroatoms. The summed E-state index contributed by atoms with van der Waals surface area (Å²) in [6.45, 7) is -0.959. The molecule has 1 aromatic rings. The van der Waals surface area contributed by atoms with Crippen LogP contribution in [0, 0.1) is 11.6 Å². The fraction of sp³-hybridized carbons (Fsp3) is 0.400. The first kappa shape index (κ1) is 12.8.